The molecule has 1 aromatic heterocycles. The van der Waals surface area contributed by atoms with Crippen LogP contribution in [0.4, 0.5) is 0 Å². The van der Waals surface area contributed by atoms with E-state index in [9.17, 15) is 0 Å². The van der Waals surface area contributed by atoms with Crippen LogP contribution in [0.5, 0.6) is 0 Å². The SMILES string of the molecule is CCNC(=NCc1sc(C)nc1C)N1CCSC(C)(C)C1. The van der Waals surface area contributed by atoms with Gasteiger partial charge in [0.15, 0.2) is 5.96 Å². The Morgan fingerprint density at radius 1 is 1.43 bits per heavy atom. The average molecular weight is 327 g/mol. The molecule has 0 amide bonds. The van der Waals surface area contributed by atoms with Crippen LogP contribution in [0, 0.1) is 13.8 Å². The highest BCUT2D eigenvalue weighted by atomic mass is 32.2. The van der Waals surface area contributed by atoms with Crippen LogP contribution in [-0.2, 0) is 6.54 Å². The summed E-state index contributed by atoms with van der Waals surface area (Å²) in [6.45, 7) is 14.6. The molecule has 0 atom stereocenters. The summed E-state index contributed by atoms with van der Waals surface area (Å²) in [5.41, 5.74) is 1.12. The standard InChI is InChI=1S/C15H26N4S2/c1-6-16-14(19-7-8-20-15(4,5)10-19)17-9-13-11(2)18-12(3)21-13/h6-10H2,1-5H3,(H,16,17). The predicted octanol–water partition coefficient (Wildman–Crippen LogP) is 3.05. The number of rotatable bonds is 3. The minimum absolute atomic E-state index is 0.297. The van der Waals surface area contributed by atoms with Gasteiger partial charge in [-0.2, -0.15) is 11.8 Å². The molecular formula is C15H26N4S2. The number of aliphatic imine (C=N–C) groups is 1. The topological polar surface area (TPSA) is 40.5 Å². The maximum absolute atomic E-state index is 4.84. The molecule has 0 unspecified atom stereocenters. The van der Waals surface area contributed by atoms with E-state index in [2.05, 4.69) is 49.8 Å². The molecule has 2 rings (SSSR count). The van der Waals surface area contributed by atoms with Gasteiger partial charge in [-0.3, -0.25) is 0 Å². The number of nitrogens with zero attached hydrogens (tertiary/aromatic N) is 3. The molecule has 0 aliphatic carbocycles. The van der Waals surface area contributed by atoms with E-state index in [0.717, 1.165) is 48.6 Å². The van der Waals surface area contributed by atoms with Crippen molar-refractivity contribution < 1.29 is 0 Å². The summed E-state index contributed by atoms with van der Waals surface area (Å²) < 4.78 is 0.297. The number of nitrogens with one attached hydrogen (secondary N) is 1. The van der Waals surface area contributed by atoms with Crippen molar-refractivity contribution in [1.82, 2.24) is 15.2 Å². The number of aromatic nitrogens is 1. The minimum atomic E-state index is 0.297. The van der Waals surface area contributed by atoms with Crippen molar-refractivity contribution in [3.8, 4) is 0 Å². The Morgan fingerprint density at radius 2 is 2.19 bits per heavy atom. The molecule has 4 nitrogen and oxygen atoms in total. The smallest absolute Gasteiger partial charge is 0.194 e. The Kier molecular flexibility index (Phi) is 5.54. The summed E-state index contributed by atoms with van der Waals surface area (Å²) in [4.78, 5) is 13.0. The van der Waals surface area contributed by atoms with Gasteiger partial charge in [-0.1, -0.05) is 0 Å². The van der Waals surface area contributed by atoms with Gasteiger partial charge >= 0.3 is 0 Å². The second kappa shape index (κ2) is 7.01. The molecule has 1 aromatic rings. The summed E-state index contributed by atoms with van der Waals surface area (Å²) in [6.07, 6.45) is 0. The fourth-order valence-corrected chi connectivity index (χ4v) is 4.46. The Balaban J connectivity index is 2.10. The molecule has 1 aliphatic rings. The van der Waals surface area contributed by atoms with Crippen LogP contribution in [0.2, 0.25) is 0 Å². The molecule has 2 heterocycles. The highest BCUT2D eigenvalue weighted by Gasteiger charge is 2.28. The first-order valence-electron chi connectivity index (χ1n) is 7.51. The van der Waals surface area contributed by atoms with Crippen molar-refractivity contribution in [2.75, 3.05) is 25.4 Å². The lowest BCUT2D eigenvalue weighted by Gasteiger charge is -2.39. The average Bonchev–Trinajstić information content (AvgIpc) is 2.71. The Bertz CT molecular complexity index is 508. The highest BCUT2D eigenvalue weighted by Crippen LogP contribution is 2.29. The second-order valence-electron chi connectivity index (χ2n) is 5.94. The fraction of sp³-hybridized carbons (Fsp3) is 0.733. The number of hydrogen-bond donors (Lipinski definition) is 1. The summed E-state index contributed by atoms with van der Waals surface area (Å²) in [6, 6.07) is 0. The summed E-state index contributed by atoms with van der Waals surface area (Å²) in [5.74, 6) is 2.20. The molecule has 0 radical (unpaired) electrons. The van der Waals surface area contributed by atoms with Gasteiger partial charge < -0.3 is 10.2 Å². The third-order valence-electron chi connectivity index (χ3n) is 3.43. The molecule has 21 heavy (non-hydrogen) atoms. The zero-order valence-electron chi connectivity index (χ0n) is 13.7. The maximum atomic E-state index is 4.84. The number of aryl methyl sites for hydroxylation is 2. The van der Waals surface area contributed by atoms with Gasteiger partial charge in [0, 0.05) is 35.0 Å². The first kappa shape index (κ1) is 16.6. The Morgan fingerprint density at radius 3 is 2.76 bits per heavy atom. The van der Waals surface area contributed by atoms with Crippen molar-refractivity contribution in [3.05, 3.63) is 15.6 Å². The summed E-state index contributed by atoms with van der Waals surface area (Å²) in [5, 5.41) is 4.56. The van der Waals surface area contributed by atoms with E-state index in [4.69, 9.17) is 4.99 Å². The molecule has 1 saturated heterocycles. The van der Waals surface area contributed by atoms with Gasteiger partial charge in [0.05, 0.1) is 17.2 Å². The first-order valence-corrected chi connectivity index (χ1v) is 9.31. The van der Waals surface area contributed by atoms with Gasteiger partial charge in [-0.25, -0.2) is 9.98 Å². The van der Waals surface area contributed by atoms with E-state index in [0.29, 0.717) is 4.75 Å². The minimum Gasteiger partial charge on any atom is -0.357 e. The zero-order valence-corrected chi connectivity index (χ0v) is 15.3. The summed E-state index contributed by atoms with van der Waals surface area (Å²) >= 11 is 3.80. The molecule has 0 spiro atoms. The second-order valence-corrected chi connectivity index (χ2v) is 9.03. The van der Waals surface area contributed by atoms with E-state index in [1.807, 2.05) is 11.8 Å². The van der Waals surface area contributed by atoms with Crippen LogP contribution < -0.4 is 5.32 Å². The Labute approximate surface area is 136 Å². The van der Waals surface area contributed by atoms with Gasteiger partial charge in [0.25, 0.3) is 0 Å². The van der Waals surface area contributed by atoms with Crippen molar-refractivity contribution >= 4 is 29.1 Å². The van der Waals surface area contributed by atoms with E-state index in [1.54, 1.807) is 11.3 Å². The van der Waals surface area contributed by atoms with Gasteiger partial charge in [-0.15, -0.1) is 11.3 Å². The molecule has 0 saturated carbocycles. The van der Waals surface area contributed by atoms with Gasteiger partial charge in [-0.05, 0) is 34.6 Å². The third kappa shape index (κ3) is 4.61. The van der Waals surface area contributed by atoms with Crippen LogP contribution in [-0.4, -0.2) is 46.0 Å². The fourth-order valence-electron chi connectivity index (χ4n) is 2.49. The van der Waals surface area contributed by atoms with E-state index in [1.165, 1.54) is 4.88 Å². The molecule has 1 N–H and O–H groups in total. The number of thioether (sulfide) groups is 1. The third-order valence-corrected chi connectivity index (χ3v) is 5.79. The first-order chi connectivity index (χ1) is 9.91. The van der Waals surface area contributed by atoms with E-state index in [-0.39, 0.29) is 0 Å². The molecular weight excluding hydrogens is 300 g/mol. The van der Waals surface area contributed by atoms with Crippen LogP contribution >= 0.6 is 23.1 Å². The molecule has 1 aliphatic heterocycles. The lowest BCUT2D eigenvalue weighted by molar-refractivity contribution is 0.376. The molecule has 0 bridgehead atoms. The predicted molar refractivity (Wildman–Crippen MR) is 94.5 cm³/mol. The Hall–Kier alpha value is -0.750. The largest absolute Gasteiger partial charge is 0.357 e. The quantitative estimate of drug-likeness (QED) is 0.685. The normalized spacial score (nSPS) is 18.9. The number of hydrogen-bond acceptors (Lipinski definition) is 4. The number of guanidine groups is 1. The van der Waals surface area contributed by atoms with Crippen LogP contribution in [0.1, 0.15) is 36.3 Å². The van der Waals surface area contributed by atoms with Gasteiger partial charge in [0.2, 0.25) is 0 Å². The number of thiazole rings is 1. The van der Waals surface area contributed by atoms with Crippen LogP contribution in [0.25, 0.3) is 0 Å². The van der Waals surface area contributed by atoms with Crippen molar-refractivity contribution in [3.63, 3.8) is 0 Å². The van der Waals surface area contributed by atoms with E-state index >= 15 is 0 Å². The zero-order chi connectivity index (χ0) is 15.5. The molecule has 6 heteroatoms. The van der Waals surface area contributed by atoms with Crippen molar-refractivity contribution in [2.24, 2.45) is 4.99 Å². The monoisotopic (exact) mass is 326 g/mol. The molecule has 1 fully saturated rings. The maximum Gasteiger partial charge on any atom is 0.194 e. The highest BCUT2D eigenvalue weighted by molar-refractivity contribution is 8.00. The van der Waals surface area contributed by atoms with Crippen LogP contribution in [0.15, 0.2) is 4.99 Å². The van der Waals surface area contributed by atoms with E-state index < -0.39 is 0 Å². The molecule has 118 valence electrons. The van der Waals surface area contributed by atoms with Crippen molar-refractivity contribution in [2.45, 2.75) is 45.9 Å². The summed E-state index contributed by atoms with van der Waals surface area (Å²) in [7, 11) is 0. The van der Waals surface area contributed by atoms with Crippen LogP contribution in [0.3, 0.4) is 0 Å². The van der Waals surface area contributed by atoms with Crippen molar-refractivity contribution in [1.29, 1.82) is 0 Å². The lowest BCUT2D eigenvalue weighted by Crippen LogP contribution is -2.50. The molecule has 0 aromatic carbocycles. The lowest BCUT2D eigenvalue weighted by atomic mass is 10.2. The van der Waals surface area contributed by atoms with Gasteiger partial charge in [0.1, 0.15) is 0 Å².